The van der Waals surface area contributed by atoms with E-state index in [2.05, 4.69) is 6.92 Å². The quantitative estimate of drug-likeness (QED) is 0.831. The van der Waals surface area contributed by atoms with Crippen LogP contribution in [0, 0.1) is 5.82 Å². The Morgan fingerprint density at radius 2 is 1.85 bits per heavy atom. The van der Waals surface area contributed by atoms with Gasteiger partial charge in [0.25, 0.3) is 0 Å². The molecule has 0 aliphatic carbocycles. The monoisotopic (exact) mass is 292 g/mol. The molecule has 0 spiro atoms. The van der Waals surface area contributed by atoms with Crippen molar-refractivity contribution in [2.45, 2.75) is 32.3 Å². The van der Waals surface area contributed by atoms with Crippen molar-refractivity contribution in [1.29, 1.82) is 0 Å². The molecule has 0 fully saturated rings. The summed E-state index contributed by atoms with van der Waals surface area (Å²) in [6.45, 7) is 2.16. The normalized spacial score (nSPS) is 12.4. The number of unbranched alkanes of at least 4 members (excludes halogenated alkanes) is 1. The van der Waals surface area contributed by atoms with Crippen LogP contribution in [0.5, 0.6) is 0 Å². The maximum atomic E-state index is 13.0. The Hall–Kier alpha value is -1.38. The number of rotatable bonds is 5. The van der Waals surface area contributed by atoms with Crippen LogP contribution >= 0.6 is 11.6 Å². The van der Waals surface area contributed by atoms with Gasteiger partial charge in [0.05, 0.1) is 0 Å². The van der Waals surface area contributed by atoms with Gasteiger partial charge in [0.1, 0.15) is 11.9 Å². The lowest BCUT2D eigenvalue weighted by Gasteiger charge is -2.14. The Morgan fingerprint density at radius 3 is 2.45 bits per heavy atom. The number of aryl methyl sites for hydroxylation is 1. The first-order chi connectivity index (χ1) is 9.61. The van der Waals surface area contributed by atoms with Crippen LogP contribution in [0.15, 0.2) is 42.5 Å². The molecule has 20 heavy (non-hydrogen) atoms. The number of benzene rings is 2. The van der Waals surface area contributed by atoms with Crippen molar-refractivity contribution in [1.82, 2.24) is 0 Å². The van der Waals surface area contributed by atoms with Crippen LogP contribution in [0.25, 0.3) is 0 Å². The van der Waals surface area contributed by atoms with Crippen molar-refractivity contribution in [3.05, 3.63) is 70.0 Å². The predicted octanol–water partition coefficient (Wildman–Crippen LogP) is 4.90. The molecule has 1 nitrogen and oxygen atoms in total. The van der Waals surface area contributed by atoms with E-state index in [9.17, 15) is 9.50 Å². The van der Waals surface area contributed by atoms with E-state index in [0.29, 0.717) is 5.56 Å². The van der Waals surface area contributed by atoms with Crippen molar-refractivity contribution in [3.8, 4) is 0 Å². The average Bonchev–Trinajstić information content (AvgIpc) is 2.45. The molecule has 0 aliphatic heterocycles. The summed E-state index contributed by atoms with van der Waals surface area (Å²) < 4.78 is 13.0. The molecule has 2 aromatic rings. The van der Waals surface area contributed by atoms with Crippen LogP contribution in [-0.4, -0.2) is 5.11 Å². The van der Waals surface area contributed by atoms with Gasteiger partial charge in [-0.2, -0.15) is 0 Å². The van der Waals surface area contributed by atoms with Gasteiger partial charge in [-0.15, -0.1) is 0 Å². The zero-order chi connectivity index (χ0) is 14.5. The van der Waals surface area contributed by atoms with E-state index in [1.54, 1.807) is 0 Å². The number of hydrogen-bond acceptors (Lipinski definition) is 1. The lowest BCUT2D eigenvalue weighted by Crippen LogP contribution is -2.01. The molecule has 2 rings (SSSR count). The first-order valence-corrected chi connectivity index (χ1v) is 7.21. The van der Waals surface area contributed by atoms with Gasteiger partial charge < -0.3 is 5.11 Å². The largest absolute Gasteiger partial charge is 0.384 e. The fourth-order valence-electron chi connectivity index (χ4n) is 2.15. The summed E-state index contributed by atoms with van der Waals surface area (Å²) in [5.74, 6) is -0.402. The van der Waals surface area contributed by atoms with Crippen molar-refractivity contribution >= 4 is 11.6 Å². The SMILES string of the molecule is CCCCc1ccc(C(O)c2ccc(F)cc2Cl)cc1. The average molecular weight is 293 g/mol. The summed E-state index contributed by atoms with van der Waals surface area (Å²) >= 11 is 5.97. The second-order valence-corrected chi connectivity index (χ2v) is 5.32. The summed E-state index contributed by atoms with van der Waals surface area (Å²) in [5, 5.41) is 10.6. The van der Waals surface area contributed by atoms with Crippen molar-refractivity contribution in [3.63, 3.8) is 0 Å². The molecule has 106 valence electrons. The summed E-state index contributed by atoms with van der Waals surface area (Å²) in [6.07, 6.45) is 2.54. The van der Waals surface area contributed by atoms with E-state index in [1.807, 2.05) is 24.3 Å². The molecule has 1 atom stereocenters. The Balaban J connectivity index is 2.18. The molecular weight excluding hydrogens is 275 g/mol. The highest BCUT2D eigenvalue weighted by Gasteiger charge is 2.14. The molecule has 3 heteroatoms. The van der Waals surface area contributed by atoms with Gasteiger partial charge in [-0.1, -0.05) is 55.3 Å². The Labute approximate surface area is 124 Å². The van der Waals surface area contributed by atoms with Crippen LogP contribution in [0.4, 0.5) is 4.39 Å². The van der Waals surface area contributed by atoms with E-state index in [0.717, 1.165) is 24.8 Å². The molecule has 0 saturated carbocycles. The molecular formula is C17H18ClFO. The maximum Gasteiger partial charge on any atom is 0.124 e. The summed E-state index contributed by atoms with van der Waals surface area (Å²) in [4.78, 5) is 0. The van der Waals surface area contributed by atoms with E-state index >= 15 is 0 Å². The number of hydrogen-bond donors (Lipinski definition) is 1. The lowest BCUT2D eigenvalue weighted by atomic mass is 9.99. The van der Waals surface area contributed by atoms with Gasteiger partial charge in [-0.05, 0) is 36.1 Å². The third kappa shape index (κ3) is 3.59. The van der Waals surface area contributed by atoms with Gasteiger partial charge in [-0.3, -0.25) is 0 Å². The fraction of sp³-hybridized carbons (Fsp3) is 0.294. The van der Waals surface area contributed by atoms with E-state index in [1.165, 1.54) is 23.8 Å². The molecule has 0 bridgehead atoms. The highest BCUT2D eigenvalue weighted by atomic mass is 35.5. The minimum absolute atomic E-state index is 0.243. The van der Waals surface area contributed by atoms with Crippen molar-refractivity contribution in [2.24, 2.45) is 0 Å². The highest BCUT2D eigenvalue weighted by molar-refractivity contribution is 6.31. The zero-order valence-corrected chi connectivity index (χ0v) is 12.2. The summed E-state index contributed by atoms with van der Waals surface area (Å²) in [7, 11) is 0. The number of halogens is 2. The van der Waals surface area contributed by atoms with Gasteiger partial charge in [0.15, 0.2) is 0 Å². The molecule has 0 radical (unpaired) electrons. The summed E-state index contributed by atoms with van der Waals surface area (Å²) in [5.41, 5.74) is 2.54. The minimum atomic E-state index is -0.830. The van der Waals surface area contributed by atoms with Crippen molar-refractivity contribution < 1.29 is 9.50 Å². The Morgan fingerprint density at radius 1 is 1.15 bits per heavy atom. The highest BCUT2D eigenvalue weighted by Crippen LogP contribution is 2.29. The second kappa shape index (κ2) is 6.87. The maximum absolute atomic E-state index is 13.0. The molecule has 2 aromatic carbocycles. The summed E-state index contributed by atoms with van der Waals surface area (Å²) in [6, 6.07) is 11.9. The zero-order valence-electron chi connectivity index (χ0n) is 11.4. The topological polar surface area (TPSA) is 20.2 Å². The van der Waals surface area contributed by atoms with Crippen LogP contribution in [0.2, 0.25) is 5.02 Å². The van der Waals surface area contributed by atoms with E-state index in [4.69, 9.17) is 11.6 Å². The second-order valence-electron chi connectivity index (χ2n) is 4.91. The van der Waals surface area contributed by atoms with Gasteiger partial charge in [0, 0.05) is 10.6 Å². The smallest absolute Gasteiger partial charge is 0.124 e. The molecule has 0 heterocycles. The molecule has 1 N–H and O–H groups in total. The van der Waals surface area contributed by atoms with Gasteiger partial charge in [0.2, 0.25) is 0 Å². The Bertz CT molecular complexity index is 566. The molecule has 1 unspecified atom stereocenters. The number of aliphatic hydroxyl groups excluding tert-OH is 1. The molecule has 0 aromatic heterocycles. The first-order valence-electron chi connectivity index (χ1n) is 6.83. The van der Waals surface area contributed by atoms with Gasteiger partial charge in [-0.25, -0.2) is 4.39 Å². The predicted molar refractivity (Wildman–Crippen MR) is 80.5 cm³/mol. The third-order valence-corrected chi connectivity index (χ3v) is 3.70. The standard InChI is InChI=1S/C17H18ClFO/c1-2-3-4-12-5-7-13(8-6-12)17(20)15-10-9-14(19)11-16(15)18/h5-11,17,20H,2-4H2,1H3. The van der Waals surface area contributed by atoms with Crippen LogP contribution in [0.1, 0.15) is 42.6 Å². The van der Waals surface area contributed by atoms with Crippen molar-refractivity contribution in [2.75, 3.05) is 0 Å². The first kappa shape index (κ1) is 15.0. The Kier molecular flexibility index (Phi) is 5.16. The molecule has 0 aliphatic rings. The lowest BCUT2D eigenvalue weighted by molar-refractivity contribution is 0.220. The molecule has 0 amide bonds. The third-order valence-electron chi connectivity index (χ3n) is 3.37. The van der Waals surface area contributed by atoms with Crippen LogP contribution < -0.4 is 0 Å². The van der Waals surface area contributed by atoms with Crippen LogP contribution in [0.3, 0.4) is 0 Å². The van der Waals surface area contributed by atoms with Crippen LogP contribution in [-0.2, 0) is 6.42 Å². The fourth-order valence-corrected chi connectivity index (χ4v) is 2.42. The van der Waals surface area contributed by atoms with E-state index < -0.39 is 11.9 Å². The minimum Gasteiger partial charge on any atom is -0.384 e. The molecule has 0 saturated heterocycles. The number of aliphatic hydroxyl groups is 1. The van der Waals surface area contributed by atoms with E-state index in [-0.39, 0.29) is 5.02 Å². The van der Waals surface area contributed by atoms with Gasteiger partial charge >= 0.3 is 0 Å².